The second-order valence-electron chi connectivity index (χ2n) is 7.00. The van der Waals surface area contributed by atoms with E-state index < -0.39 is 0 Å². The highest BCUT2D eigenvalue weighted by Crippen LogP contribution is 2.27. The number of fused-ring (bicyclic) bond motifs is 1. The van der Waals surface area contributed by atoms with E-state index in [9.17, 15) is 4.79 Å². The topological polar surface area (TPSA) is 84.7 Å². The van der Waals surface area contributed by atoms with Crippen molar-refractivity contribution in [1.29, 1.82) is 0 Å². The number of hydrogen-bond acceptors (Lipinski definition) is 5. The summed E-state index contributed by atoms with van der Waals surface area (Å²) in [7, 11) is 0. The van der Waals surface area contributed by atoms with Crippen LogP contribution in [0, 0.1) is 19.8 Å². The van der Waals surface area contributed by atoms with Crippen molar-refractivity contribution in [3.05, 3.63) is 41.9 Å². The van der Waals surface area contributed by atoms with E-state index in [4.69, 9.17) is 0 Å². The molecule has 1 saturated carbocycles. The SMILES string of the molecule is Cc1nc(NCCNC(=O)C2CCC2)c2c(C)nn(-c3ccccc3)c2n1. The van der Waals surface area contributed by atoms with Crippen LogP contribution in [0.3, 0.4) is 0 Å². The summed E-state index contributed by atoms with van der Waals surface area (Å²) in [6.45, 7) is 5.02. The Kier molecular flexibility index (Phi) is 4.75. The minimum Gasteiger partial charge on any atom is -0.368 e. The third-order valence-electron chi connectivity index (χ3n) is 5.01. The van der Waals surface area contributed by atoms with Gasteiger partial charge in [0.15, 0.2) is 5.65 Å². The summed E-state index contributed by atoms with van der Waals surface area (Å²) >= 11 is 0. The monoisotopic (exact) mass is 364 g/mol. The quantitative estimate of drug-likeness (QED) is 0.657. The maximum atomic E-state index is 11.9. The fraction of sp³-hybridized carbons (Fsp3) is 0.400. The number of nitrogens with one attached hydrogen (secondary N) is 2. The molecule has 27 heavy (non-hydrogen) atoms. The first-order valence-corrected chi connectivity index (χ1v) is 9.44. The summed E-state index contributed by atoms with van der Waals surface area (Å²) in [5.41, 5.74) is 2.62. The number of rotatable bonds is 6. The highest BCUT2D eigenvalue weighted by molar-refractivity contribution is 5.90. The maximum absolute atomic E-state index is 11.9. The Balaban J connectivity index is 1.54. The zero-order valence-electron chi connectivity index (χ0n) is 15.7. The largest absolute Gasteiger partial charge is 0.368 e. The van der Waals surface area contributed by atoms with Crippen LogP contribution in [0.2, 0.25) is 0 Å². The molecule has 3 aromatic rings. The molecule has 0 spiro atoms. The molecule has 1 fully saturated rings. The van der Waals surface area contributed by atoms with Crippen LogP contribution in [0.25, 0.3) is 16.7 Å². The first-order chi connectivity index (χ1) is 13.1. The summed E-state index contributed by atoms with van der Waals surface area (Å²) in [6, 6.07) is 9.96. The van der Waals surface area contributed by atoms with Crippen molar-refractivity contribution in [2.24, 2.45) is 5.92 Å². The summed E-state index contributed by atoms with van der Waals surface area (Å²) in [5, 5.41) is 11.9. The predicted octanol–water partition coefficient (Wildman–Crippen LogP) is 2.76. The molecule has 140 valence electrons. The molecule has 0 bridgehead atoms. The van der Waals surface area contributed by atoms with Crippen molar-refractivity contribution in [3.63, 3.8) is 0 Å². The molecule has 4 rings (SSSR count). The molecule has 1 aliphatic rings. The van der Waals surface area contributed by atoms with Crippen molar-refractivity contribution in [1.82, 2.24) is 25.1 Å². The van der Waals surface area contributed by atoms with E-state index >= 15 is 0 Å². The molecule has 2 aromatic heterocycles. The Morgan fingerprint density at radius 2 is 1.93 bits per heavy atom. The molecule has 1 amide bonds. The van der Waals surface area contributed by atoms with E-state index in [1.54, 1.807) is 0 Å². The van der Waals surface area contributed by atoms with E-state index in [0.717, 1.165) is 41.1 Å². The summed E-state index contributed by atoms with van der Waals surface area (Å²) in [6.07, 6.45) is 3.20. The van der Waals surface area contributed by atoms with Crippen LogP contribution in [-0.4, -0.2) is 38.7 Å². The van der Waals surface area contributed by atoms with Gasteiger partial charge >= 0.3 is 0 Å². The van der Waals surface area contributed by atoms with Gasteiger partial charge in [-0.3, -0.25) is 4.79 Å². The second kappa shape index (κ2) is 7.34. The van der Waals surface area contributed by atoms with Gasteiger partial charge < -0.3 is 10.6 Å². The van der Waals surface area contributed by atoms with Crippen LogP contribution in [0.15, 0.2) is 30.3 Å². The van der Waals surface area contributed by atoms with Gasteiger partial charge in [0.1, 0.15) is 11.6 Å². The van der Waals surface area contributed by atoms with Gasteiger partial charge in [-0.2, -0.15) is 5.10 Å². The Hall–Kier alpha value is -2.96. The van der Waals surface area contributed by atoms with Gasteiger partial charge in [0.25, 0.3) is 0 Å². The zero-order chi connectivity index (χ0) is 18.8. The third kappa shape index (κ3) is 3.49. The van der Waals surface area contributed by atoms with Crippen molar-refractivity contribution in [2.45, 2.75) is 33.1 Å². The number of carbonyl (C=O) groups is 1. The van der Waals surface area contributed by atoms with E-state index in [-0.39, 0.29) is 11.8 Å². The van der Waals surface area contributed by atoms with Gasteiger partial charge in [-0.25, -0.2) is 14.6 Å². The van der Waals surface area contributed by atoms with Gasteiger partial charge in [0.2, 0.25) is 5.91 Å². The summed E-state index contributed by atoms with van der Waals surface area (Å²) in [4.78, 5) is 21.1. The lowest BCUT2D eigenvalue weighted by molar-refractivity contribution is -0.127. The normalized spacial score (nSPS) is 14.1. The smallest absolute Gasteiger partial charge is 0.223 e. The second-order valence-corrected chi connectivity index (χ2v) is 7.00. The van der Waals surface area contributed by atoms with E-state index in [1.165, 1.54) is 6.42 Å². The summed E-state index contributed by atoms with van der Waals surface area (Å²) < 4.78 is 1.85. The van der Waals surface area contributed by atoms with Crippen LogP contribution in [-0.2, 0) is 4.79 Å². The molecule has 0 aliphatic heterocycles. The Morgan fingerprint density at radius 3 is 2.63 bits per heavy atom. The minimum atomic E-state index is 0.167. The minimum absolute atomic E-state index is 0.167. The molecule has 0 radical (unpaired) electrons. The van der Waals surface area contributed by atoms with Crippen molar-refractivity contribution in [2.75, 3.05) is 18.4 Å². The van der Waals surface area contributed by atoms with Crippen LogP contribution >= 0.6 is 0 Å². The molecule has 1 aliphatic carbocycles. The lowest BCUT2D eigenvalue weighted by atomic mass is 9.85. The molecule has 0 saturated heterocycles. The van der Waals surface area contributed by atoms with E-state index in [1.807, 2.05) is 48.9 Å². The number of benzene rings is 1. The lowest BCUT2D eigenvalue weighted by Gasteiger charge is -2.24. The van der Waals surface area contributed by atoms with Crippen molar-refractivity contribution < 1.29 is 4.79 Å². The van der Waals surface area contributed by atoms with Crippen LogP contribution < -0.4 is 10.6 Å². The van der Waals surface area contributed by atoms with Gasteiger partial charge in [0.05, 0.1) is 16.8 Å². The Bertz CT molecular complexity index is 962. The molecule has 7 heteroatoms. The molecule has 0 unspecified atom stereocenters. The zero-order valence-corrected chi connectivity index (χ0v) is 15.7. The number of anilines is 1. The number of hydrogen-bond donors (Lipinski definition) is 2. The molecule has 2 N–H and O–H groups in total. The number of aromatic nitrogens is 4. The van der Waals surface area contributed by atoms with Crippen LogP contribution in [0.5, 0.6) is 0 Å². The number of aryl methyl sites for hydroxylation is 2. The molecule has 7 nitrogen and oxygen atoms in total. The van der Waals surface area contributed by atoms with Crippen LogP contribution in [0.1, 0.15) is 30.8 Å². The first kappa shape index (κ1) is 17.5. The highest BCUT2D eigenvalue weighted by Gasteiger charge is 2.24. The van der Waals surface area contributed by atoms with E-state index in [0.29, 0.717) is 18.9 Å². The fourth-order valence-corrected chi connectivity index (χ4v) is 3.35. The molecule has 1 aromatic carbocycles. The first-order valence-electron chi connectivity index (χ1n) is 9.44. The number of nitrogens with zero attached hydrogens (tertiary/aromatic N) is 4. The van der Waals surface area contributed by atoms with Crippen LogP contribution in [0.4, 0.5) is 5.82 Å². The highest BCUT2D eigenvalue weighted by atomic mass is 16.1. The number of amides is 1. The fourth-order valence-electron chi connectivity index (χ4n) is 3.35. The van der Waals surface area contributed by atoms with Gasteiger partial charge in [-0.05, 0) is 38.8 Å². The standard InChI is InChI=1S/C20H24N6O/c1-13-17-18(21-11-12-22-20(27)15-7-6-8-15)23-14(2)24-19(17)26(25-13)16-9-4-3-5-10-16/h3-5,9-10,15H,6-8,11-12H2,1-2H3,(H,22,27)(H,21,23,24). The third-order valence-corrected chi connectivity index (χ3v) is 5.01. The van der Waals surface area contributed by atoms with E-state index in [2.05, 4.69) is 25.7 Å². The summed E-state index contributed by atoms with van der Waals surface area (Å²) in [5.74, 6) is 1.82. The Morgan fingerprint density at radius 1 is 1.15 bits per heavy atom. The Labute approximate surface area is 158 Å². The van der Waals surface area contributed by atoms with Crippen molar-refractivity contribution in [3.8, 4) is 5.69 Å². The number of para-hydroxylation sites is 1. The van der Waals surface area contributed by atoms with Gasteiger partial charge in [-0.1, -0.05) is 24.6 Å². The molecule has 2 heterocycles. The predicted molar refractivity (Wildman–Crippen MR) is 105 cm³/mol. The van der Waals surface area contributed by atoms with Crippen molar-refractivity contribution >= 4 is 22.8 Å². The molecular weight excluding hydrogens is 340 g/mol. The lowest BCUT2D eigenvalue weighted by Crippen LogP contribution is -2.37. The number of carbonyl (C=O) groups excluding carboxylic acids is 1. The average molecular weight is 364 g/mol. The van der Waals surface area contributed by atoms with Gasteiger partial charge in [0, 0.05) is 19.0 Å². The maximum Gasteiger partial charge on any atom is 0.223 e. The van der Waals surface area contributed by atoms with Gasteiger partial charge in [-0.15, -0.1) is 0 Å². The molecular formula is C20H24N6O. The average Bonchev–Trinajstić information content (AvgIpc) is 2.94. The molecule has 0 atom stereocenters.